The van der Waals surface area contributed by atoms with E-state index in [1.54, 1.807) is 13.8 Å². The standard InChI is InChI=1S/C20H29NO8/c1-7-11(3)28-15(22)13-14(16(23)29-12(4)8-2)20(18(25)27-6)10-9-19(13,21-20)17(24)26-5/h11-12,21H,7-10H2,1-6H3. The van der Waals surface area contributed by atoms with Crippen molar-refractivity contribution in [2.75, 3.05) is 14.2 Å². The third kappa shape index (κ3) is 3.63. The van der Waals surface area contributed by atoms with Crippen molar-refractivity contribution in [3.05, 3.63) is 11.1 Å². The molecular weight excluding hydrogens is 382 g/mol. The first-order valence-electron chi connectivity index (χ1n) is 9.76. The highest BCUT2D eigenvalue weighted by atomic mass is 16.6. The molecule has 2 aliphatic heterocycles. The van der Waals surface area contributed by atoms with Crippen LogP contribution in [-0.4, -0.2) is 61.4 Å². The fraction of sp³-hybridized carbons (Fsp3) is 0.700. The van der Waals surface area contributed by atoms with Gasteiger partial charge in [-0.25, -0.2) is 19.2 Å². The Morgan fingerprint density at radius 3 is 1.45 bits per heavy atom. The molecule has 2 heterocycles. The topological polar surface area (TPSA) is 117 Å². The van der Waals surface area contributed by atoms with Crippen LogP contribution in [0.15, 0.2) is 11.1 Å². The van der Waals surface area contributed by atoms with Gasteiger partial charge in [-0.05, 0) is 39.5 Å². The number of hydrogen-bond donors (Lipinski definition) is 1. The number of nitrogens with one attached hydrogen (secondary N) is 1. The maximum Gasteiger partial charge on any atom is 0.337 e. The molecule has 4 unspecified atom stereocenters. The second-order valence-corrected chi connectivity index (χ2v) is 7.42. The van der Waals surface area contributed by atoms with Crippen LogP contribution in [0.25, 0.3) is 0 Å². The highest BCUT2D eigenvalue weighted by Crippen LogP contribution is 2.51. The molecule has 0 radical (unpaired) electrons. The average molecular weight is 411 g/mol. The lowest BCUT2D eigenvalue weighted by molar-refractivity contribution is -0.152. The van der Waals surface area contributed by atoms with Crippen LogP contribution in [0, 0.1) is 0 Å². The Labute approximate surface area is 170 Å². The van der Waals surface area contributed by atoms with Crippen LogP contribution >= 0.6 is 0 Å². The first kappa shape index (κ1) is 22.9. The molecule has 0 aliphatic carbocycles. The number of carbonyl (C=O) groups is 4. The van der Waals surface area contributed by atoms with Crippen LogP contribution in [0.2, 0.25) is 0 Å². The van der Waals surface area contributed by atoms with E-state index in [4.69, 9.17) is 18.9 Å². The van der Waals surface area contributed by atoms with Gasteiger partial charge in [-0.15, -0.1) is 0 Å². The molecule has 29 heavy (non-hydrogen) atoms. The maximum absolute atomic E-state index is 13.1. The molecule has 0 aromatic heterocycles. The molecule has 2 bridgehead atoms. The Bertz CT molecular complexity index is 685. The third-order valence-corrected chi connectivity index (χ3v) is 5.65. The Morgan fingerprint density at radius 2 is 1.17 bits per heavy atom. The highest BCUT2D eigenvalue weighted by molar-refractivity contribution is 6.16. The number of rotatable bonds is 8. The number of carbonyl (C=O) groups excluding carboxylic acids is 4. The van der Waals surface area contributed by atoms with Gasteiger partial charge in [0.25, 0.3) is 0 Å². The van der Waals surface area contributed by atoms with Gasteiger partial charge in [-0.3, -0.25) is 5.32 Å². The molecule has 2 aliphatic rings. The van der Waals surface area contributed by atoms with Crippen LogP contribution in [0.5, 0.6) is 0 Å². The summed E-state index contributed by atoms with van der Waals surface area (Å²) in [4.78, 5) is 51.6. The van der Waals surface area contributed by atoms with Gasteiger partial charge in [0.2, 0.25) is 0 Å². The summed E-state index contributed by atoms with van der Waals surface area (Å²) in [6.07, 6.45) is 0.299. The molecule has 0 aromatic rings. The summed E-state index contributed by atoms with van der Waals surface area (Å²) >= 11 is 0. The van der Waals surface area contributed by atoms with E-state index in [1.165, 1.54) is 14.2 Å². The molecule has 0 amide bonds. The van der Waals surface area contributed by atoms with E-state index >= 15 is 0 Å². The molecule has 1 N–H and O–H groups in total. The summed E-state index contributed by atoms with van der Waals surface area (Å²) in [5, 5.41) is 2.88. The summed E-state index contributed by atoms with van der Waals surface area (Å²) in [5.74, 6) is -3.30. The number of hydrogen-bond acceptors (Lipinski definition) is 9. The first-order chi connectivity index (χ1) is 13.6. The SMILES string of the molecule is CCC(C)OC(=O)C1=C(C(=O)OC(C)CC)C2(C(=O)OC)CCC1(C(=O)OC)N2. The molecule has 1 fully saturated rings. The largest absolute Gasteiger partial charge is 0.467 e. The van der Waals surface area contributed by atoms with E-state index in [9.17, 15) is 19.2 Å². The number of methoxy groups -OCH3 is 2. The molecule has 0 saturated carbocycles. The van der Waals surface area contributed by atoms with E-state index in [0.29, 0.717) is 12.8 Å². The minimum absolute atomic E-state index is 0.0693. The minimum Gasteiger partial charge on any atom is -0.467 e. The zero-order valence-electron chi connectivity index (χ0n) is 17.7. The van der Waals surface area contributed by atoms with Crippen LogP contribution in [-0.2, 0) is 38.1 Å². The number of fused-ring (bicyclic) bond motifs is 2. The summed E-state index contributed by atoms with van der Waals surface area (Å²) < 4.78 is 20.7. The van der Waals surface area contributed by atoms with E-state index in [-0.39, 0.29) is 24.0 Å². The van der Waals surface area contributed by atoms with Crippen molar-refractivity contribution in [2.24, 2.45) is 0 Å². The van der Waals surface area contributed by atoms with Gasteiger partial charge in [0.05, 0.1) is 37.6 Å². The second kappa shape index (κ2) is 8.52. The summed E-state index contributed by atoms with van der Waals surface area (Å²) in [7, 11) is 2.34. The van der Waals surface area contributed by atoms with Crippen LogP contribution < -0.4 is 5.32 Å². The van der Waals surface area contributed by atoms with Crippen molar-refractivity contribution in [3.63, 3.8) is 0 Å². The summed E-state index contributed by atoms with van der Waals surface area (Å²) in [5.41, 5.74) is -3.85. The van der Waals surface area contributed by atoms with Crippen LogP contribution in [0.4, 0.5) is 0 Å². The minimum atomic E-state index is -1.68. The van der Waals surface area contributed by atoms with Gasteiger partial charge in [0.1, 0.15) is 0 Å². The highest BCUT2D eigenvalue weighted by Gasteiger charge is 2.71. The third-order valence-electron chi connectivity index (χ3n) is 5.65. The lowest BCUT2D eigenvalue weighted by atomic mass is 9.76. The summed E-state index contributed by atoms with van der Waals surface area (Å²) in [6, 6.07) is 0. The van der Waals surface area contributed by atoms with Crippen molar-refractivity contribution in [2.45, 2.75) is 76.7 Å². The zero-order chi connectivity index (χ0) is 22.0. The fourth-order valence-electron chi connectivity index (χ4n) is 3.73. The van der Waals surface area contributed by atoms with Crippen molar-refractivity contribution in [3.8, 4) is 0 Å². The lowest BCUT2D eigenvalue weighted by Crippen LogP contribution is -2.55. The molecule has 162 valence electrons. The van der Waals surface area contributed by atoms with Crippen molar-refractivity contribution in [1.29, 1.82) is 0 Å². The smallest absolute Gasteiger partial charge is 0.337 e. The van der Waals surface area contributed by atoms with E-state index in [1.807, 2.05) is 13.8 Å². The van der Waals surface area contributed by atoms with E-state index < -0.39 is 47.2 Å². The monoisotopic (exact) mass is 411 g/mol. The maximum atomic E-state index is 13.1. The van der Waals surface area contributed by atoms with Gasteiger partial charge < -0.3 is 18.9 Å². The predicted octanol–water partition coefficient (Wildman–Crippen LogP) is 1.19. The van der Waals surface area contributed by atoms with Crippen LogP contribution in [0.1, 0.15) is 53.4 Å². The van der Waals surface area contributed by atoms with E-state index in [0.717, 1.165) is 0 Å². The van der Waals surface area contributed by atoms with Gasteiger partial charge in [0, 0.05) is 0 Å². The summed E-state index contributed by atoms with van der Waals surface area (Å²) in [6.45, 7) is 7.04. The van der Waals surface area contributed by atoms with Crippen LogP contribution in [0.3, 0.4) is 0 Å². The van der Waals surface area contributed by atoms with Crippen molar-refractivity contribution in [1.82, 2.24) is 5.32 Å². The molecule has 0 spiro atoms. The Morgan fingerprint density at radius 1 is 0.828 bits per heavy atom. The normalized spacial score (nSPS) is 27.2. The fourth-order valence-corrected chi connectivity index (χ4v) is 3.73. The van der Waals surface area contributed by atoms with Gasteiger partial charge in [0.15, 0.2) is 11.1 Å². The molecule has 2 rings (SSSR count). The van der Waals surface area contributed by atoms with Gasteiger partial charge >= 0.3 is 23.9 Å². The Balaban J connectivity index is 2.71. The van der Waals surface area contributed by atoms with E-state index in [2.05, 4.69) is 5.32 Å². The molecule has 9 nitrogen and oxygen atoms in total. The lowest BCUT2D eigenvalue weighted by Gasteiger charge is -2.28. The predicted molar refractivity (Wildman–Crippen MR) is 101 cm³/mol. The van der Waals surface area contributed by atoms with Crippen molar-refractivity contribution < 1.29 is 38.1 Å². The zero-order valence-corrected chi connectivity index (χ0v) is 17.7. The number of ether oxygens (including phenoxy) is 4. The molecular formula is C20H29NO8. The number of esters is 4. The molecule has 4 atom stereocenters. The molecule has 0 aromatic carbocycles. The molecule has 1 saturated heterocycles. The Kier molecular flexibility index (Phi) is 6.72. The Hall–Kier alpha value is -2.42. The first-order valence-corrected chi connectivity index (χ1v) is 9.76. The average Bonchev–Trinajstić information content (AvgIpc) is 3.26. The van der Waals surface area contributed by atoms with Gasteiger partial charge in [-0.2, -0.15) is 0 Å². The quantitative estimate of drug-likeness (QED) is 0.464. The van der Waals surface area contributed by atoms with Gasteiger partial charge in [-0.1, -0.05) is 13.8 Å². The molecule has 9 heteroatoms. The van der Waals surface area contributed by atoms with Crippen molar-refractivity contribution >= 4 is 23.9 Å². The second-order valence-electron chi connectivity index (χ2n) is 7.42.